The first-order valence-electron chi connectivity index (χ1n) is 7.18. The first-order valence-corrected chi connectivity index (χ1v) is 7.18. The third-order valence-electron chi connectivity index (χ3n) is 3.69. The molecular weight excluding hydrogens is 266 g/mol. The molecule has 0 saturated carbocycles. The molecule has 1 aliphatic heterocycles. The molecule has 3 rings (SSSR count). The fraction of sp³-hybridized carbons (Fsp3) is 0.375. The lowest BCUT2D eigenvalue weighted by molar-refractivity contribution is -0.0626. The van der Waals surface area contributed by atoms with Gasteiger partial charge in [0, 0.05) is 25.0 Å². The Kier molecular flexibility index (Phi) is 3.86. The minimum atomic E-state index is -0.0989. The van der Waals surface area contributed by atoms with Crippen LogP contribution in [0.4, 0.5) is 0 Å². The van der Waals surface area contributed by atoms with E-state index in [1.165, 1.54) is 0 Å². The minimum Gasteiger partial charge on any atom is -0.370 e. The maximum Gasteiger partial charge on any atom is 0.272 e. The van der Waals surface area contributed by atoms with E-state index in [1.54, 1.807) is 11.0 Å². The largest absolute Gasteiger partial charge is 0.370 e. The van der Waals surface area contributed by atoms with Gasteiger partial charge in [-0.2, -0.15) is 0 Å². The fourth-order valence-electron chi connectivity index (χ4n) is 2.69. The Bertz CT molecular complexity index is 659. The summed E-state index contributed by atoms with van der Waals surface area (Å²) in [5.41, 5.74) is 6.97. The number of nitrogens with zero attached hydrogens (tertiary/aromatic N) is 2. The van der Waals surface area contributed by atoms with E-state index in [1.807, 2.05) is 37.3 Å². The van der Waals surface area contributed by atoms with Crippen molar-refractivity contribution in [1.82, 2.24) is 9.88 Å². The van der Waals surface area contributed by atoms with Crippen molar-refractivity contribution in [2.24, 2.45) is 5.73 Å². The molecule has 1 saturated heterocycles. The quantitative estimate of drug-likeness (QED) is 0.906. The molecule has 5 heteroatoms. The van der Waals surface area contributed by atoms with Gasteiger partial charge in [-0.25, -0.2) is 4.98 Å². The smallest absolute Gasteiger partial charge is 0.272 e. The van der Waals surface area contributed by atoms with Gasteiger partial charge in [0.2, 0.25) is 0 Å². The van der Waals surface area contributed by atoms with E-state index >= 15 is 0 Å². The number of carbonyl (C=O) groups excluding carboxylic acids is 1. The molecule has 110 valence electrons. The van der Waals surface area contributed by atoms with Crippen molar-refractivity contribution in [3.8, 4) is 0 Å². The average Bonchev–Trinajstić information content (AvgIpc) is 2.53. The molecule has 0 radical (unpaired) electrons. The average molecular weight is 285 g/mol. The Balaban J connectivity index is 1.85. The second-order valence-electron chi connectivity index (χ2n) is 5.40. The molecule has 1 aromatic heterocycles. The van der Waals surface area contributed by atoms with Crippen LogP contribution in [0.1, 0.15) is 17.4 Å². The molecule has 2 heterocycles. The predicted octanol–water partition coefficient (Wildman–Crippen LogP) is 1.42. The van der Waals surface area contributed by atoms with E-state index in [9.17, 15) is 4.79 Å². The second-order valence-corrected chi connectivity index (χ2v) is 5.40. The highest BCUT2D eigenvalue weighted by Gasteiger charge is 2.28. The number of ether oxygens (including phenoxy) is 1. The Labute approximate surface area is 123 Å². The predicted molar refractivity (Wildman–Crippen MR) is 81.0 cm³/mol. The third kappa shape index (κ3) is 2.89. The number of morpholine rings is 1. The highest BCUT2D eigenvalue weighted by molar-refractivity contribution is 5.95. The van der Waals surface area contributed by atoms with Gasteiger partial charge in [-0.15, -0.1) is 0 Å². The van der Waals surface area contributed by atoms with E-state index in [2.05, 4.69) is 4.98 Å². The van der Waals surface area contributed by atoms with Gasteiger partial charge in [0.1, 0.15) is 5.69 Å². The van der Waals surface area contributed by atoms with Crippen molar-refractivity contribution in [2.75, 3.05) is 19.6 Å². The number of nitrogens with two attached hydrogens (primary N) is 1. The normalized spacial score (nSPS) is 22.5. The van der Waals surface area contributed by atoms with Crippen molar-refractivity contribution in [3.63, 3.8) is 0 Å². The molecule has 2 aromatic rings. The summed E-state index contributed by atoms with van der Waals surface area (Å²) >= 11 is 0. The van der Waals surface area contributed by atoms with E-state index in [-0.39, 0.29) is 18.1 Å². The number of aromatic nitrogens is 1. The molecule has 21 heavy (non-hydrogen) atoms. The molecule has 2 N–H and O–H groups in total. The molecule has 0 bridgehead atoms. The van der Waals surface area contributed by atoms with E-state index < -0.39 is 0 Å². The monoisotopic (exact) mass is 285 g/mol. The molecule has 1 aliphatic rings. The molecule has 5 nitrogen and oxygen atoms in total. The van der Waals surface area contributed by atoms with Crippen molar-refractivity contribution in [3.05, 3.63) is 42.1 Å². The first-order chi connectivity index (χ1) is 10.2. The summed E-state index contributed by atoms with van der Waals surface area (Å²) in [6.45, 7) is 3.47. The molecule has 1 amide bonds. The van der Waals surface area contributed by atoms with Crippen LogP contribution in [0.3, 0.4) is 0 Å². The van der Waals surface area contributed by atoms with E-state index in [0.717, 1.165) is 10.9 Å². The number of hydrogen-bond donors (Lipinski definition) is 1. The molecule has 2 atom stereocenters. The number of amides is 1. The number of benzene rings is 1. The first kappa shape index (κ1) is 14.0. The van der Waals surface area contributed by atoms with Crippen LogP contribution in [0.2, 0.25) is 0 Å². The molecular formula is C16H19N3O2. The lowest BCUT2D eigenvalue weighted by atomic mass is 10.1. The van der Waals surface area contributed by atoms with Crippen molar-refractivity contribution in [1.29, 1.82) is 0 Å². The fourth-order valence-corrected chi connectivity index (χ4v) is 2.69. The van der Waals surface area contributed by atoms with Gasteiger partial charge in [-0.3, -0.25) is 4.79 Å². The maximum atomic E-state index is 12.6. The van der Waals surface area contributed by atoms with Gasteiger partial charge >= 0.3 is 0 Å². The van der Waals surface area contributed by atoms with Crippen LogP contribution in [0.5, 0.6) is 0 Å². The van der Waals surface area contributed by atoms with Crippen molar-refractivity contribution >= 4 is 16.8 Å². The van der Waals surface area contributed by atoms with Gasteiger partial charge in [0.05, 0.1) is 17.7 Å². The summed E-state index contributed by atoms with van der Waals surface area (Å²) in [4.78, 5) is 18.9. The summed E-state index contributed by atoms with van der Waals surface area (Å²) in [5, 5.41) is 1.03. The Morgan fingerprint density at radius 3 is 2.95 bits per heavy atom. The topological polar surface area (TPSA) is 68.5 Å². The van der Waals surface area contributed by atoms with Crippen LogP contribution in [-0.4, -0.2) is 47.6 Å². The Morgan fingerprint density at radius 1 is 1.33 bits per heavy atom. The van der Waals surface area contributed by atoms with Gasteiger partial charge in [-0.05, 0) is 19.1 Å². The van der Waals surface area contributed by atoms with Gasteiger partial charge in [0.15, 0.2) is 0 Å². The molecule has 0 spiro atoms. The lowest BCUT2D eigenvalue weighted by Gasteiger charge is -2.36. The summed E-state index contributed by atoms with van der Waals surface area (Å²) in [6.07, 6.45) is -0.102. The number of para-hydroxylation sites is 1. The van der Waals surface area contributed by atoms with Crippen LogP contribution < -0.4 is 5.73 Å². The van der Waals surface area contributed by atoms with Crippen LogP contribution in [0.15, 0.2) is 36.4 Å². The maximum absolute atomic E-state index is 12.6. The zero-order valence-electron chi connectivity index (χ0n) is 12.0. The van der Waals surface area contributed by atoms with Crippen molar-refractivity contribution in [2.45, 2.75) is 19.1 Å². The highest BCUT2D eigenvalue weighted by atomic mass is 16.5. The standard InChI is InChI=1S/C16H19N3O2/c1-11-9-19(10-13(8-17)21-11)16(20)15-7-6-12-4-2-3-5-14(12)18-15/h2-7,11,13H,8-10,17H2,1H3. The SMILES string of the molecule is CC1CN(C(=O)c2ccc3ccccc3n2)CC(CN)O1. The molecule has 0 aliphatic carbocycles. The number of carbonyl (C=O) groups is 1. The highest BCUT2D eigenvalue weighted by Crippen LogP contribution is 2.16. The van der Waals surface area contributed by atoms with Crippen LogP contribution >= 0.6 is 0 Å². The lowest BCUT2D eigenvalue weighted by Crippen LogP contribution is -2.51. The van der Waals surface area contributed by atoms with Gasteiger partial charge < -0.3 is 15.4 Å². The summed E-state index contributed by atoms with van der Waals surface area (Å²) in [6, 6.07) is 11.5. The summed E-state index contributed by atoms with van der Waals surface area (Å²) in [5.74, 6) is -0.0608. The minimum absolute atomic E-state index is 0.00305. The van der Waals surface area contributed by atoms with Gasteiger partial charge in [0.25, 0.3) is 5.91 Å². The van der Waals surface area contributed by atoms with Crippen LogP contribution in [0.25, 0.3) is 10.9 Å². The van der Waals surface area contributed by atoms with Crippen molar-refractivity contribution < 1.29 is 9.53 Å². The van der Waals surface area contributed by atoms with Gasteiger partial charge in [-0.1, -0.05) is 24.3 Å². The summed E-state index contributed by atoms with van der Waals surface area (Å²) < 4.78 is 5.68. The molecule has 1 fully saturated rings. The number of hydrogen-bond acceptors (Lipinski definition) is 4. The number of rotatable bonds is 2. The van der Waals surface area contributed by atoms with Crippen LogP contribution in [0, 0.1) is 0 Å². The second kappa shape index (κ2) is 5.79. The number of pyridine rings is 1. The number of fused-ring (bicyclic) bond motifs is 1. The zero-order valence-corrected chi connectivity index (χ0v) is 12.0. The Morgan fingerprint density at radius 2 is 2.14 bits per heavy atom. The Hall–Kier alpha value is -1.98. The molecule has 2 unspecified atom stereocenters. The van der Waals surface area contributed by atoms with Crippen LogP contribution in [-0.2, 0) is 4.74 Å². The molecule has 1 aromatic carbocycles. The zero-order chi connectivity index (χ0) is 14.8. The summed E-state index contributed by atoms with van der Waals surface area (Å²) in [7, 11) is 0. The van der Waals surface area contributed by atoms with E-state index in [0.29, 0.717) is 25.3 Å². The third-order valence-corrected chi connectivity index (χ3v) is 3.69. The van der Waals surface area contributed by atoms with E-state index in [4.69, 9.17) is 10.5 Å².